The minimum absolute atomic E-state index is 0.124. The van der Waals surface area contributed by atoms with Gasteiger partial charge in [-0.1, -0.05) is 18.2 Å². The molecule has 3 heteroatoms. The lowest BCUT2D eigenvalue weighted by atomic mass is 9.93. The van der Waals surface area contributed by atoms with E-state index in [0.717, 1.165) is 19.6 Å². The van der Waals surface area contributed by atoms with E-state index in [2.05, 4.69) is 29.6 Å². The summed E-state index contributed by atoms with van der Waals surface area (Å²) in [7, 11) is 0. The number of rotatable bonds is 2. The summed E-state index contributed by atoms with van der Waals surface area (Å²) < 4.78 is 6.74. The van der Waals surface area contributed by atoms with E-state index >= 15 is 0 Å². The summed E-state index contributed by atoms with van der Waals surface area (Å²) in [5.41, 5.74) is 7.63. The van der Waals surface area contributed by atoms with Crippen molar-refractivity contribution in [3.8, 4) is 0 Å². The number of thiophene rings is 1. The van der Waals surface area contributed by atoms with Gasteiger partial charge in [-0.15, -0.1) is 11.3 Å². The molecule has 0 bridgehead atoms. The van der Waals surface area contributed by atoms with Gasteiger partial charge < -0.3 is 10.5 Å². The van der Waals surface area contributed by atoms with Gasteiger partial charge in [0.2, 0.25) is 0 Å². The van der Waals surface area contributed by atoms with Gasteiger partial charge in [-0.25, -0.2) is 0 Å². The van der Waals surface area contributed by atoms with E-state index in [1.165, 1.54) is 15.6 Å². The monoisotopic (exact) mass is 233 g/mol. The van der Waals surface area contributed by atoms with Crippen LogP contribution in [0.2, 0.25) is 0 Å². The van der Waals surface area contributed by atoms with E-state index in [0.29, 0.717) is 5.92 Å². The highest BCUT2D eigenvalue weighted by Gasteiger charge is 2.25. The molecule has 84 valence electrons. The molecule has 1 aliphatic heterocycles. The highest BCUT2D eigenvalue weighted by atomic mass is 32.1. The summed E-state index contributed by atoms with van der Waals surface area (Å²) in [6.45, 7) is 1.67. The number of benzene rings is 1. The zero-order chi connectivity index (χ0) is 11.0. The van der Waals surface area contributed by atoms with E-state index in [1.54, 1.807) is 11.3 Å². The molecule has 1 aromatic heterocycles. The molecule has 3 rings (SSSR count). The average Bonchev–Trinajstić information content (AvgIpc) is 2.98. The van der Waals surface area contributed by atoms with E-state index in [9.17, 15) is 0 Å². The predicted octanol–water partition coefficient (Wildman–Crippen LogP) is 2.94. The first-order valence-corrected chi connectivity index (χ1v) is 6.53. The van der Waals surface area contributed by atoms with Crippen LogP contribution in [0.3, 0.4) is 0 Å². The van der Waals surface area contributed by atoms with Crippen LogP contribution in [-0.4, -0.2) is 13.2 Å². The zero-order valence-corrected chi connectivity index (χ0v) is 9.87. The number of nitrogens with two attached hydrogens (primary N) is 1. The third-order valence-electron chi connectivity index (χ3n) is 3.34. The van der Waals surface area contributed by atoms with Crippen molar-refractivity contribution in [3.63, 3.8) is 0 Å². The average molecular weight is 233 g/mol. The molecule has 16 heavy (non-hydrogen) atoms. The molecule has 0 radical (unpaired) electrons. The number of fused-ring (bicyclic) bond motifs is 1. The van der Waals surface area contributed by atoms with Gasteiger partial charge >= 0.3 is 0 Å². The van der Waals surface area contributed by atoms with Crippen molar-refractivity contribution in [1.29, 1.82) is 0 Å². The minimum Gasteiger partial charge on any atom is -0.381 e. The van der Waals surface area contributed by atoms with Gasteiger partial charge in [0.15, 0.2) is 0 Å². The molecule has 1 saturated heterocycles. The Morgan fingerprint density at radius 1 is 1.38 bits per heavy atom. The van der Waals surface area contributed by atoms with Gasteiger partial charge in [0.25, 0.3) is 0 Å². The van der Waals surface area contributed by atoms with Gasteiger partial charge in [-0.05, 0) is 28.8 Å². The Hall–Kier alpha value is -0.900. The first-order valence-electron chi connectivity index (χ1n) is 5.66. The maximum Gasteiger partial charge on any atom is 0.0513 e. The highest BCUT2D eigenvalue weighted by Crippen LogP contribution is 2.34. The van der Waals surface area contributed by atoms with Crippen LogP contribution < -0.4 is 5.73 Å². The van der Waals surface area contributed by atoms with Crippen molar-refractivity contribution in [1.82, 2.24) is 0 Å². The zero-order valence-electron chi connectivity index (χ0n) is 9.06. The summed E-state index contributed by atoms with van der Waals surface area (Å²) in [4.78, 5) is 0. The Labute approximate surface area is 99.0 Å². The van der Waals surface area contributed by atoms with Crippen LogP contribution in [-0.2, 0) is 4.74 Å². The maximum absolute atomic E-state index is 6.34. The highest BCUT2D eigenvalue weighted by molar-refractivity contribution is 7.17. The van der Waals surface area contributed by atoms with Crippen LogP contribution in [0, 0.1) is 5.92 Å². The Bertz CT molecular complexity index is 487. The first kappa shape index (κ1) is 10.3. The van der Waals surface area contributed by atoms with Gasteiger partial charge in [-0.3, -0.25) is 0 Å². The first-order chi connectivity index (χ1) is 7.86. The summed E-state index contributed by atoms with van der Waals surface area (Å²) in [6.07, 6.45) is 1.09. The van der Waals surface area contributed by atoms with E-state index in [-0.39, 0.29) is 6.04 Å². The lowest BCUT2D eigenvalue weighted by Crippen LogP contribution is -2.21. The van der Waals surface area contributed by atoms with Crippen molar-refractivity contribution >= 4 is 21.4 Å². The molecule has 2 nitrogen and oxygen atoms in total. The summed E-state index contributed by atoms with van der Waals surface area (Å²) >= 11 is 1.78. The molecule has 2 unspecified atom stereocenters. The van der Waals surface area contributed by atoms with Gasteiger partial charge in [0.05, 0.1) is 6.61 Å². The number of ether oxygens (including phenoxy) is 1. The molecule has 2 atom stereocenters. The fourth-order valence-electron chi connectivity index (χ4n) is 2.35. The summed E-state index contributed by atoms with van der Waals surface area (Å²) in [5.74, 6) is 0.484. The molecule has 2 heterocycles. The third-order valence-corrected chi connectivity index (χ3v) is 4.32. The molecule has 1 fully saturated rings. The van der Waals surface area contributed by atoms with Crippen LogP contribution in [0.5, 0.6) is 0 Å². The normalized spacial score (nSPS) is 22.7. The van der Waals surface area contributed by atoms with E-state index < -0.39 is 0 Å². The minimum atomic E-state index is 0.124. The molecule has 1 aliphatic rings. The fourth-order valence-corrected chi connectivity index (χ4v) is 3.35. The van der Waals surface area contributed by atoms with Gasteiger partial charge in [0, 0.05) is 23.3 Å². The SMILES string of the molecule is NC(c1csc2ccccc12)C1CCOC1. The Balaban J connectivity index is 1.98. The molecule has 1 aromatic carbocycles. The van der Waals surface area contributed by atoms with Crippen LogP contribution in [0.4, 0.5) is 0 Å². The topological polar surface area (TPSA) is 35.2 Å². The van der Waals surface area contributed by atoms with Crippen LogP contribution in [0.15, 0.2) is 29.6 Å². The maximum atomic E-state index is 6.34. The standard InChI is InChI=1S/C13H15NOS/c14-13(9-5-6-15-7-9)11-8-16-12-4-2-1-3-10(11)12/h1-4,8-9,13H,5-7,14H2. The lowest BCUT2D eigenvalue weighted by molar-refractivity contribution is 0.181. The molecule has 0 amide bonds. The van der Waals surface area contributed by atoms with Crippen molar-refractivity contribution in [2.45, 2.75) is 12.5 Å². The third kappa shape index (κ3) is 1.65. The van der Waals surface area contributed by atoms with E-state index in [1.807, 2.05) is 0 Å². The molecule has 2 N–H and O–H groups in total. The van der Waals surface area contributed by atoms with Gasteiger partial charge in [0.1, 0.15) is 0 Å². The van der Waals surface area contributed by atoms with E-state index in [4.69, 9.17) is 10.5 Å². The molecular formula is C13H15NOS. The number of hydrogen-bond donors (Lipinski definition) is 1. The second-order valence-corrected chi connectivity index (χ2v) is 5.25. The van der Waals surface area contributed by atoms with Crippen molar-refractivity contribution in [3.05, 3.63) is 35.2 Å². The van der Waals surface area contributed by atoms with Crippen LogP contribution in [0.1, 0.15) is 18.0 Å². The molecular weight excluding hydrogens is 218 g/mol. The second-order valence-electron chi connectivity index (χ2n) is 4.34. The molecule has 0 spiro atoms. The number of hydrogen-bond acceptors (Lipinski definition) is 3. The lowest BCUT2D eigenvalue weighted by Gasteiger charge is -2.16. The predicted molar refractivity (Wildman–Crippen MR) is 67.7 cm³/mol. The molecule has 0 saturated carbocycles. The molecule has 2 aromatic rings. The fraction of sp³-hybridized carbons (Fsp3) is 0.385. The van der Waals surface area contributed by atoms with Crippen molar-refractivity contribution in [2.24, 2.45) is 11.7 Å². The van der Waals surface area contributed by atoms with Crippen molar-refractivity contribution in [2.75, 3.05) is 13.2 Å². The Morgan fingerprint density at radius 2 is 2.25 bits per heavy atom. The Morgan fingerprint density at radius 3 is 3.06 bits per heavy atom. The quantitative estimate of drug-likeness (QED) is 0.865. The Kier molecular flexibility index (Phi) is 2.67. The largest absolute Gasteiger partial charge is 0.381 e. The molecule has 0 aliphatic carbocycles. The summed E-state index contributed by atoms with van der Waals surface area (Å²) in [5, 5.41) is 3.51. The van der Waals surface area contributed by atoms with Crippen molar-refractivity contribution < 1.29 is 4.74 Å². The second kappa shape index (κ2) is 4.17. The summed E-state index contributed by atoms with van der Waals surface area (Å²) in [6, 6.07) is 8.60. The van der Waals surface area contributed by atoms with Gasteiger partial charge in [-0.2, -0.15) is 0 Å². The smallest absolute Gasteiger partial charge is 0.0513 e. The van der Waals surface area contributed by atoms with Crippen LogP contribution in [0.25, 0.3) is 10.1 Å². The van der Waals surface area contributed by atoms with Crippen LogP contribution >= 0.6 is 11.3 Å².